The van der Waals surface area contributed by atoms with Crippen molar-refractivity contribution in [3.8, 4) is 0 Å². The summed E-state index contributed by atoms with van der Waals surface area (Å²) in [7, 11) is 0. The van der Waals surface area contributed by atoms with Crippen LogP contribution in [-0.2, 0) is 4.74 Å². The zero-order valence-electron chi connectivity index (χ0n) is 8.78. The molecule has 7 nitrogen and oxygen atoms in total. The Morgan fingerprint density at radius 1 is 1.71 bits per heavy atom. The Kier molecular flexibility index (Phi) is 3.66. The van der Waals surface area contributed by atoms with E-state index in [1.54, 1.807) is 0 Å². The van der Waals surface area contributed by atoms with Crippen LogP contribution in [0.15, 0.2) is 11.0 Å². The lowest BCUT2D eigenvalue weighted by Gasteiger charge is -2.14. The van der Waals surface area contributed by atoms with Crippen LogP contribution < -0.4 is 11.4 Å². The fourth-order valence-electron chi connectivity index (χ4n) is 1.71. The van der Waals surface area contributed by atoms with Gasteiger partial charge in [0.05, 0.1) is 16.3 Å². The molecule has 2 unspecified atom stereocenters. The minimum absolute atomic E-state index is 0.170. The van der Waals surface area contributed by atoms with Crippen LogP contribution in [0.1, 0.15) is 12.6 Å². The second kappa shape index (κ2) is 4.88. The van der Waals surface area contributed by atoms with Gasteiger partial charge < -0.3 is 20.7 Å². The predicted molar refractivity (Wildman–Crippen MR) is 67.2 cm³/mol. The van der Waals surface area contributed by atoms with Crippen molar-refractivity contribution < 1.29 is 14.9 Å². The molecule has 2 heterocycles. The van der Waals surface area contributed by atoms with Crippen LogP contribution in [0.5, 0.6) is 0 Å². The van der Waals surface area contributed by atoms with Crippen molar-refractivity contribution in [3.63, 3.8) is 0 Å². The van der Waals surface area contributed by atoms with Crippen molar-refractivity contribution in [2.45, 2.75) is 24.9 Å². The number of nitrogen functional groups attached to an aromatic ring is 1. The zero-order valence-corrected chi connectivity index (χ0v) is 10.9. The van der Waals surface area contributed by atoms with Crippen LogP contribution in [0.25, 0.3) is 0 Å². The molecule has 0 amide bonds. The lowest BCUT2D eigenvalue weighted by atomic mass is 10.2. The number of aliphatic hydroxyl groups is 2. The van der Waals surface area contributed by atoms with E-state index >= 15 is 0 Å². The highest BCUT2D eigenvalue weighted by atomic mass is 127. The van der Waals surface area contributed by atoms with E-state index in [9.17, 15) is 9.90 Å². The number of anilines is 1. The summed E-state index contributed by atoms with van der Waals surface area (Å²) in [4.78, 5) is 15.3. The zero-order chi connectivity index (χ0) is 12.6. The summed E-state index contributed by atoms with van der Waals surface area (Å²) in [6.07, 6.45) is -0.291. The van der Waals surface area contributed by atoms with Crippen molar-refractivity contribution in [2.24, 2.45) is 0 Å². The number of aliphatic hydroxyl groups excluding tert-OH is 2. The van der Waals surface area contributed by atoms with Gasteiger partial charge in [0, 0.05) is 12.6 Å². The number of rotatable bonds is 2. The van der Waals surface area contributed by atoms with Crippen LogP contribution in [-0.4, -0.2) is 38.6 Å². The van der Waals surface area contributed by atoms with E-state index in [4.69, 9.17) is 15.6 Å². The highest BCUT2D eigenvalue weighted by Crippen LogP contribution is 2.27. The number of hydrogen-bond donors (Lipinski definition) is 3. The first-order valence-electron chi connectivity index (χ1n) is 5.01. The molecule has 17 heavy (non-hydrogen) atoms. The molecular weight excluding hydrogens is 341 g/mol. The molecule has 1 fully saturated rings. The molecule has 0 aliphatic carbocycles. The summed E-state index contributed by atoms with van der Waals surface area (Å²) in [5.41, 5.74) is 4.98. The summed E-state index contributed by atoms with van der Waals surface area (Å²) in [6, 6.07) is 0. The second-order valence-corrected chi connectivity index (χ2v) is 4.94. The Hall–Kier alpha value is -0.710. The van der Waals surface area contributed by atoms with Gasteiger partial charge in [-0.15, -0.1) is 0 Å². The first-order valence-corrected chi connectivity index (χ1v) is 6.09. The minimum Gasteiger partial charge on any atom is -0.394 e. The summed E-state index contributed by atoms with van der Waals surface area (Å²) >= 11 is 1.96. The van der Waals surface area contributed by atoms with Gasteiger partial charge in [0.1, 0.15) is 18.1 Å². The predicted octanol–water partition coefficient (Wildman–Crippen LogP) is -0.929. The molecule has 1 aliphatic heterocycles. The molecule has 1 aromatic rings. The Balaban J connectivity index is 2.30. The fraction of sp³-hybridized carbons (Fsp3) is 0.556. The first-order chi connectivity index (χ1) is 8.02. The lowest BCUT2D eigenvalue weighted by molar-refractivity contribution is -0.0459. The summed E-state index contributed by atoms with van der Waals surface area (Å²) in [5.74, 6) is 0.170. The maximum Gasteiger partial charge on any atom is 0.351 e. The molecule has 0 aromatic carbocycles. The number of halogens is 1. The molecule has 3 atom stereocenters. The smallest absolute Gasteiger partial charge is 0.351 e. The fourth-order valence-corrected chi connectivity index (χ4v) is 2.13. The molecule has 0 spiro atoms. The molecule has 1 saturated heterocycles. The Morgan fingerprint density at radius 3 is 3.00 bits per heavy atom. The van der Waals surface area contributed by atoms with E-state index in [-0.39, 0.29) is 18.8 Å². The Morgan fingerprint density at radius 2 is 2.41 bits per heavy atom. The van der Waals surface area contributed by atoms with Gasteiger partial charge in [-0.2, -0.15) is 4.98 Å². The summed E-state index contributed by atoms with van der Waals surface area (Å²) in [6.45, 7) is -0.286. The molecule has 0 bridgehead atoms. The minimum atomic E-state index is -0.785. The third kappa shape index (κ3) is 2.44. The molecule has 0 radical (unpaired) electrons. The maximum absolute atomic E-state index is 11.6. The molecule has 1 aromatic heterocycles. The number of hydrogen-bond acceptors (Lipinski definition) is 6. The first kappa shape index (κ1) is 12.7. The normalized spacial score (nSPS) is 28.5. The van der Waals surface area contributed by atoms with E-state index in [0.29, 0.717) is 3.57 Å². The second-order valence-electron chi connectivity index (χ2n) is 3.78. The van der Waals surface area contributed by atoms with Crippen molar-refractivity contribution in [1.82, 2.24) is 9.55 Å². The summed E-state index contributed by atoms with van der Waals surface area (Å²) < 4.78 is 7.27. The van der Waals surface area contributed by atoms with Crippen molar-refractivity contribution in [2.75, 3.05) is 12.3 Å². The van der Waals surface area contributed by atoms with E-state index in [0.717, 1.165) is 0 Å². The third-order valence-electron chi connectivity index (χ3n) is 2.63. The molecule has 0 saturated carbocycles. The topological polar surface area (TPSA) is 111 Å². The number of nitrogens with two attached hydrogens (primary N) is 1. The van der Waals surface area contributed by atoms with Gasteiger partial charge >= 0.3 is 5.69 Å². The van der Waals surface area contributed by atoms with Crippen molar-refractivity contribution >= 4 is 28.4 Å². The number of ether oxygens (including phenoxy) is 1. The molecule has 8 heteroatoms. The highest BCUT2D eigenvalue weighted by molar-refractivity contribution is 14.1. The van der Waals surface area contributed by atoms with E-state index in [1.807, 2.05) is 22.6 Å². The molecule has 1 aliphatic rings. The number of nitrogens with zero attached hydrogens (tertiary/aromatic N) is 2. The van der Waals surface area contributed by atoms with Gasteiger partial charge in [0.15, 0.2) is 0 Å². The van der Waals surface area contributed by atoms with Crippen molar-refractivity contribution in [3.05, 3.63) is 20.3 Å². The van der Waals surface area contributed by atoms with Crippen LogP contribution in [0, 0.1) is 3.57 Å². The Labute approximate surface area is 110 Å². The van der Waals surface area contributed by atoms with Crippen LogP contribution in [0.2, 0.25) is 0 Å². The maximum atomic E-state index is 11.6. The Bertz CT molecular complexity index is 478. The van der Waals surface area contributed by atoms with Crippen LogP contribution in [0.3, 0.4) is 0 Å². The van der Waals surface area contributed by atoms with Gasteiger partial charge in [0.25, 0.3) is 0 Å². The monoisotopic (exact) mass is 353 g/mol. The van der Waals surface area contributed by atoms with Crippen molar-refractivity contribution in [1.29, 1.82) is 0 Å². The van der Waals surface area contributed by atoms with E-state index in [2.05, 4.69) is 4.98 Å². The largest absolute Gasteiger partial charge is 0.394 e. The third-order valence-corrected chi connectivity index (χ3v) is 3.46. The van der Waals surface area contributed by atoms with Gasteiger partial charge in [-0.1, -0.05) is 0 Å². The van der Waals surface area contributed by atoms with E-state index < -0.39 is 24.1 Å². The molecular formula is C9H12IN3O4. The van der Waals surface area contributed by atoms with Crippen LogP contribution in [0.4, 0.5) is 5.82 Å². The SMILES string of the molecule is Nc1nc(=O)n(C2CC(O)[C@@H](CO)O2)cc1I. The van der Waals surface area contributed by atoms with Gasteiger partial charge in [-0.3, -0.25) is 4.57 Å². The molecule has 4 N–H and O–H groups in total. The van der Waals surface area contributed by atoms with Gasteiger partial charge in [0.2, 0.25) is 0 Å². The number of aromatic nitrogens is 2. The lowest BCUT2D eigenvalue weighted by Crippen LogP contribution is -2.28. The van der Waals surface area contributed by atoms with Gasteiger partial charge in [-0.25, -0.2) is 4.79 Å². The quantitative estimate of drug-likeness (QED) is 0.593. The average molecular weight is 353 g/mol. The van der Waals surface area contributed by atoms with Crippen LogP contribution >= 0.6 is 22.6 Å². The average Bonchev–Trinajstić information content (AvgIpc) is 2.65. The highest BCUT2D eigenvalue weighted by Gasteiger charge is 2.35. The molecule has 2 rings (SSSR count). The van der Waals surface area contributed by atoms with Gasteiger partial charge in [-0.05, 0) is 22.6 Å². The molecule has 94 valence electrons. The standard InChI is InChI=1S/C9H12IN3O4/c10-4-2-13(9(16)12-8(4)11)7-1-5(15)6(3-14)17-7/h2,5-7,14-15H,1,3H2,(H2,11,12,16)/t5?,6-,7?/m1/s1. The van der Waals surface area contributed by atoms with E-state index in [1.165, 1.54) is 10.8 Å². The summed E-state index contributed by atoms with van der Waals surface area (Å²) in [5, 5.41) is 18.5.